The summed E-state index contributed by atoms with van der Waals surface area (Å²) in [6, 6.07) is 1.82. The highest BCUT2D eigenvalue weighted by Gasteiger charge is 2.10. The van der Waals surface area contributed by atoms with Gasteiger partial charge >= 0.3 is 0 Å². The van der Waals surface area contributed by atoms with Crippen LogP contribution >= 0.6 is 0 Å². The zero-order chi connectivity index (χ0) is 12.8. The van der Waals surface area contributed by atoms with Gasteiger partial charge in [0.1, 0.15) is 5.82 Å². The Balaban J connectivity index is 2.51. The van der Waals surface area contributed by atoms with Gasteiger partial charge in [-0.15, -0.1) is 0 Å². The predicted molar refractivity (Wildman–Crippen MR) is 65.8 cm³/mol. The lowest BCUT2D eigenvalue weighted by molar-refractivity contribution is -0.117. The number of likely N-dealkylation sites (N-methyl/N-ethyl adjacent to an activating group) is 1. The number of amides is 1. The zero-order valence-electron chi connectivity index (χ0n) is 10.6. The molecule has 0 atom stereocenters. The van der Waals surface area contributed by atoms with E-state index in [2.05, 4.69) is 10.4 Å². The summed E-state index contributed by atoms with van der Waals surface area (Å²) in [7, 11) is 1.79. The number of hydrogen-bond acceptors (Lipinski definition) is 4. The molecule has 0 saturated heterocycles. The number of aryl methyl sites for hydroxylation is 2. The Morgan fingerprint density at radius 3 is 2.82 bits per heavy atom. The van der Waals surface area contributed by atoms with Crippen molar-refractivity contribution in [2.75, 3.05) is 31.6 Å². The van der Waals surface area contributed by atoms with E-state index in [1.165, 1.54) is 0 Å². The molecule has 96 valence electrons. The summed E-state index contributed by atoms with van der Waals surface area (Å²) >= 11 is 0. The lowest BCUT2D eigenvalue weighted by Gasteiger charge is -2.18. The fourth-order valence-corrected chi connectivity index (χ4v) is 1.60. The van der Waals surface area contributed by atoms with Crippen LogP contribution in [0.25, 0.3) is 0 Å². The third-order valence-electron chi connectivity index (χ3n) is 2.50. The number of carbonyl (C=O) groups is 1. The van der Waals surface area contributed by atoms with E-state index in [0.29, 0.717) is 12.4 Å². The van der Waals surface area contributed by atoms with Crippen molar-refractivity contribution in [3.05, 3.63) is 11.8 Å². The largest absolute Gasteiger partial charge is 0.395 e. The maximum atomic E-state index is 11.7. The second-order valence-electron chi connectivity index (χ2n) is 3.94. The number of carbonyl (C=O) groups excluding carboxylic acids is 1. The number of aromatic nitrogens is 2. The Morgan fingerprint density at radius 2 is 2.35 bits per heavy atom. The molecule has 1 rings (SSSR count). The van der Waals surface area contributed by atoms with E-state index in [1.807, 2.05) is 24.8 Å². The molecule has 0 aromatic carbocycles. The van der Waals surface area contributed by atoms with E-state index < -0.39 is 0 Å². The molecule has 0 aliphatic carbocycles. The highest BCUT2D eigenvalue weighted by atomic mass is 16.3. The number of aliphatic hydroxyl groups excluding tert-OH is 1. The van der Waals surface area contributed by atoms with Crippen molar-refractivity contribution in [1.82, 2.24) is 14.7 Å². The Hall–Kier alpha value is -1.40. The zero-order valence-corrected chi connectivity index (χ0v) is 10.6. The van der Waals surface area contributed by atoms with Gasteiger partial charge in [-0.3, -0.25) is 14.4 Å². The van der Waals surface area contributed by atoms with E-state index in [9.17, 15) is 4.79 Å². The summed E-state index contributed by atoms with van der Waals surface area (Å²) in [5.74, 6) is 0.593. The Morgan fingerprint density at radius 1 is 1.65 bits per heavy atom. The molecule has 0 aliphatic heterocycles. The first-order valence-electron chi connectivity index (χ1n) is 5.70. The van der Waals surface area contributed by atoms with Crippen LogP contribution in [0.1, 0.15) is 12.6 Å². The topological polar surface area (TPSA) is 70.4 Å². The first-order chi connectivity index (χ1) is 8.06. The molecule has 0 bridgehead atoms. The van der Waals surface area contributed by atoms with Gasteiger partial charge in [0.15, 0.2) is 0 Å². The molecule has 0 spiro atoms. The monoisotopic (exact) mass is 240 g/mol. The fourth-order valence-electron chi connectivity index (χ4n) is 1.60. The highest BCUT2D eigenvalue weighted by Crippen LogP contribution is 2.07. The van der Waals surface area contributed by atoms with Crippen molar-refractivity contribution in [1.29, 1.82) is 0 Å². The van der Waals surface area contributed by atoms with Gasteiger partial charge in [0, 0.05) is 19.7 Å². The Bertz CT molecular complexity index is 376. The Labute approximate surface area is 101 Å². The van der Waals surface area contributed by atoms with Gasteiger partial charge in [0.25, 0.3) is 0 Å². The first kappa shape index (κ1) is 13.7. The molecule has 0 radical (unpaired) electrons. The second kappa shape index (κ2) is 6.36. The van der Waals surface area contributed by atoms with Gasteiger partial charge in [-0.2, -0.15) is 5.10 Å². The van der Waals surface area contributed by atoms with E-state index >= 15 is 0 Å². The van der Waals surface area contributed by atoms with Gasteiger partial charge in [0.05, 0.1) is 18.8 Å². The van der Waals surface area contributed by atoms with Crippen LogP contribution in [-0.4, -0.2) is 51.9 Å². The van der Waals surface area contributed by atoms with E-state index in [0.717, 1.165) is 12.2 Å². The average molecular weight is 240 g/mol. The van der Waals surface area contributed by atoms with Crippen LogP contribution in [-0.2, 0) is 11.8 Å². The summed E-state index contributed by atoms with van der Waals surface area (Å²) in [5, 5.41) is 15.8. The highest BCUT2D eigenvalue weighted by molar-refractivity contribution is 5.91. The summed E-state index contributed by atoms with van der Waals surface area (Å²) in [5.41, 5.74) is 0.866. The molecule has 1 amide bonds. The molecule has 17 heavy (non-hydrogen) atoms. The molecule has 1 aromatic heterocycles. The van der Waals surface area contributed by atoms with E-state index in [1.54, 1.807) is 11.7 Å². The van der Waals surface area contributed by atoms with E-state index in [4.69, 9.17) is 5.11 Å². The molecule has 0 saturated carbocycles. The predicted octanol–water partition coefficient (Wildman–Crippen LogP) is -0.0188. The van der Waals surface area contributed by atoms with Crippen LogP contribution in [0, 0.1) is 6.92 Å². The molecule has 0 unspecified atom stereocenters. The van der Waals surface area contributed by atoms with Crippen LogP contribution in [0.15, 0.2) is 6.07 Å². The van der Waals surface area contributed by atoms with Gasteiger partial charge in [-0.25, -0.2) is 0 Å². The van der Waals surface area contributed by atoms with Gasteiger partial charge in [-0.1, -0.05) is 6.92 Å². The van der Waals surface area contributed by atoms with Crippen molar-refractivity contribution in [3.8, 4) is 0 Å². The Kier molecular flexibility index (Phi) is 5.11. The van der Waals surface area contributed by atoms with E-state index in [-0.39, 0.29) is 19.1 Å². The molecule has 0 aliphatic rings. The van der Waals surface area contributed by atoms with Crippen LogP contribution in [0.5, 0.6) is 0 Å². The standard InChI is InChI=1S/C11H20N4O2/c1-4-15(5-6-16)8-11(17)12-10-7-9(2)13-14(10)3/h7,16H,4-6,8H2,1-3H3,(H,12,17). The number of anilines is 1. The minimum atomic E-state index is -0.0942. The molecule has 1 aromatic rings. The number of nitrogens with one attached hydrogen (secondary N) is 1. The van der Waals surface area contributed by atoms with Crippen LogP contribution in [0.4, 0.5) is 5.82 Å². The van der Waals surface area contributed by atoms with Crippen LogP contribution in [0.3, 0.4) is 0 Å². The molecule has 1 heterocycles. The van der Waals surface area contributed by atoms with Crippen molar-refractivity contribution in [2.45, 2.75) is 13.8 Å². The number of aliphatic hydroxyl groups is 1. The summed E-state index contributed by atoms with van der Waals surface area (Å²) in [6.07, 6.45) is 0. The van der Waals surface area contributed by atoms with Gasteiger partial charge < -0.3 is 10.4 Å². The first-order valence-corrected chi connectivity index (χ1v) is 5.70. The van der Waals surface area contributed by atoms with Gasteiger partial charge in [0.2, 0.25) is 5.91 Å². The smallest absolute Gasteiger partial charge is 0.239 e. The lowest BCUT2D eigenvalue weighted by atomic mass is 10.4. The minimum absolute atomic E-state index is 0.0614. The minimum Gasteiger partial charge on any atom is -0.395 e. The van der Waals surface area contributed by atoms with Crippen molar-refractivity contribution in [3.63, 3.8) is 0 Å². The summed E-state index contributed by atoms with van der Waals surface area (Å²) in [6.45, 7) is 5.41. The quantitative estimate of drug-likeness (QED) is 0.733. The molecule has 6 nitrogen and oxygen atoms in total. The fraction of sp³-hybridized carbons (Fsp3) is 0.636. The van der Waals surface area contributed by atoms with Crippen LogP contribution < -0.4 is 5.32 Å². The molecular formula is C11H20N4O2. The maximum Gasteiger partial charge on any atom is 0.239 e. The molecular weight excluding hydrogens is 220 g/mol. The normalized spacial score (nSPS) is 10.9. The SMILES string of the molecule is CCN(CCO)CC(=O)Nc1cc(C)nn1C. The molecule has 2 N–H and O–H groups in total. The molecule has 0 fully saturated rings. The average Bonchev–Trinajstić information content (AvgIpc) is 2.56. The summed E-state index contributed by atoms with van der Waals surface area (Å²) < 4.78 is 1.63. The molecule has 6 heteroatoms. The summed E-state index contributed by atoms with van der Waals surface area (Å²) in [4.78, 5) is 13.6. The second-order valence-corrected chi connectivity index (χ2v) is 3.94. The number of nitrogens with zero attached hydrogens (tertiary/aromatic N) is 3. The van der Waals surface area contributed by atoms with Crippen molar-refractivity contribution in [2.24, 2.45) is 7.05 Å². The van der Waals surface area contributed by atoms with Crippen LogP contribution in [0.2, 0.25) is 0 Å². The number of hydrogen-bond donors (Lipinski definition) is 2. The third-order valence-corrected chi connectivity index (χ3v) is 2.50. The van der Waals surface area contributed by atoms with Crippen molar-refractivity contribution < 1.29 is 9.90 Å². The lowest BCUT2D eigenvalue weighted by Crippen LogP contribution is -2.35. The van der Waals surface area contributed by atoms with Gasteiger partial charge in [-0.05, 0) is 13.5 Å². The third kappa shape index (κ3) is 4.16. The van der Waals surface area contributed by atoms with Crippen molar-refractivity contribution >= 4 is 11.7 Å². The maximum absolute atomic E-state index is 11.7. The number of rotatable bonds is 6.